The number of aromatic nitrogens is 4. The lowest BCUT2D eigenvalue weighted by molar-refractivity contribution is 0.656. The second-order valence-corrected chi connectivity index (χ2v) is 13.3. The number of nitrogens with zero attached hydrogens (tertiary/aromatic N) is 4. The van der Waals surface area contributed by atoms with E-state index in [1.54, 1.807) is 0 Å². The smallest absolute Gasteiger partial charge is 0.248 e. The fraction of sp³-hybridized carbons (Fsp3) is 0.0714. The Kier molecular flexibility index (Phi) is 4.60. The van der Waals surface area contributed by atoms with Crippen LogP contribution in [0.4, 0.5) is 0 Å². The predicted octanol–water partition coefficient (Wildman–Crippen LogP) is 10.6. The van der Waals surface area contributed by atoms with E-state index in [9.17, 15) is 0 Å². The Balaban J connectivity index is 1.25. The molecule has 222 valence electrons. The summed E-state index contributed by atoms with van der Waals surface area (Å²) >= 11 is 0. The Labute approximate surface area is 269 Å². The maximum atomic E-state index is 6.26. The Morgan fingerprint density at radius 2 is 1.28 bits per heavy atom. The molecule has 4 heterocycles. The summed E-state index contributed by atoms with van der Waals surface area (Å²) in [6, 6.07) is 48.1. The van der Waals surface area contributed by atoms with Crippen molar-refractivity contribution >= 4 is 60.8 Å². The molecule has 0 N–H and O–H groups in total. The number of furan rings is 1. The van der Waals surface area contributed by atoms with E-state index in [4.69, 9.17) is 9.40 Å². The van der Waals surface area contributed by atoms with E-state index in [-0.39, 0.29) is 5.41 Å². The number of fused-ring (bicyclic) bond motifs is 13. The van der Waals surface area contributed by atoms with Crippen LogP contribution in [0.2, 0.25) is 0 Å². The van der Waals surface area contributed by atoms with E-state index in [1.807, 2.05) is 12.1 Å². The molecule has 0 atom stereocenters. The fourth-order valence-electron chi connectivity index (χ4n) is 8.33. The number of para-hydroxylation sites is 4. The molecule has 0 bridgehead atoms. The minimum absolute atomic E-state index is 0.0827. The maximum Gasteiger partial charge on any atom is 0.248 e. The quantitative estimate of drug-likeness (QED) is 0.197. The standard InChI is InChI=1S/C42H28N4O/c1-42(2)32-16-8-6-14-27(32)29-23-31-30-22-26(20-21-34(30)44(37(31)24-33(29)42)25-12-4-3-5-13-25)45-35-17-9-10-18-36(35)46-39-28-15-7-11-19-38(28)47-40(39)43-41(45)46/h3-24H,1-2H3. The van der Waals surface area contributed by atoms with Crippen molar-refractivity contribution in [2.45, 2.75) is 19.3 Å². The van der Waals surface area contributed by atoms with Crippen molar-refractivity contribution in [1.82, 2.24) is 18.5 Å². The molecule has 6 aromatic carbocycles. The van der Waals surface area contributed by atoms with Gasteiger partial charge in [-0.25, -0.2) is 0 Å². The molecule has 1 aliphatic carbocycles. The minimum Gasteiger partial charge on any atom is -0.436 e. The van der Waals surface area contributed by atoms with Crippen LogP contribution in [-0.4, -0.2) is 18.5 Å². The van der Waals surface area contributed by atoms with E-state index in [0.29, 0.717) is 5.71 Å². The molecule has 0 aliphatic heterocycles. The lowest BCUT2D eigenvalue weighted by atomic mass is 9.82. The van der Waals surface area contributed by atoms with Crippen molar-refractivity contribution in [1.29, 1.82) is 0 Å². The second kappa shape index (κ2) is 8.59. The first-order valence-corrected chi connectivity index (χ1v) is 16.2. The Hall–Kier alpha value is -6.07. The van der Waals surface area contributed by atoms with Crippen LogP contribution in [0.1, 0.15) is 25.0 Å². The van der Waals surface area contributed by atoms with Crippen LogP contribution in [0.5, 0.6) is 0 Å². The van der Waals surface area contributed by atoms with Gasteiger partial charge in [-0.3, -0.25) is 8.97 Å². The van der Waals surface area contributed by atoms with Crippen LogP contribution in [0, 0.1) is 0 Å². The van der Waals surface area contributed by atoms with E-state index in [2.05, 4.69) is 149 Å². The third-order valence-corrected chi connectivity index (χ3v) is 10.5. The Morgan fingerprint density at radius 1 is 0.532 bits per heavy atom. The molecule has 4 aromatic heterocycles. The number of benzene rings is 6. The van der Waals surface area contributed by atoms with Crippen LogP contribution in [-0.2, 0) is 5.41 Å². The van der Waals surface area contributed by atoms with Gasteiger partial charge in [0.2, 0.25) is 11.5 Å². The molecular weight excluding hydrogens is 576 g/mol. The molecular formula is C42H28N4O. The summed E-state index contributed by atoms with van der Waals surface area (Å²) in [4.78, 5) is 5.10. The number of hydrogen-bond donors (Lipinski definition) is 0. The van der Waals surface area contributed by atoms with Crippen LogP contribution in [0.15, 0.2) is 138 Å². The van der Waals surface area contributed by atoms with Gasteiger partial charge in [-0.05, 0) is 89.0 Å². The van der Waals surface area contributed by atoms with Crippen LogP contribution >= 0.6 is 0 Å². The normalized spacial score (nSPS) is 13.9. The van der Waals surface area contributed by atoms with Crippen molar-refractivity contribution in [2.75, 3.05) is 0 Å². The van der Waals surface area contributed by atoms with E-state index in [0.717, 1.165) is 44.7 Å². The van der Waals surface area contributed by atoms with Gasteiger partial charge in [0.05, 0.1) is 22.1 Å². The molecule has 0 radical (unpaired) electrons. The first-order chi connectivity index (χ1) is 23.1. The number of imidazole rings is 2. The van der Waals surface area contributed by atoms with Gasteiger partial charge in [0.15, 0.2) is 0 Å². The molecule has 1 aliphatic rings. The van der Waals surface area contributed by atoms with Gasteiger partial charge in [0.25, 0.3) is 0 Å². The third kappa shape index (κ3) is 3.11. The Bertz CT molecular complexity index is 2930. The molecule has 10 aromatic rings. The zero-order chi connectivity index (χ0) is 31.0. The molecule has 0 spiro atoms. The SMILES string of the molecule is CC1(C)c2ccccc2-c2cc3c4cc(-n5c6ccccc6n6c7c(nc56)oc5ccccc57)ccc4n(-c4ccccc4)c3cc21. The summed E-state index contributed by atoms with van der Waals surface area (Å²) in [5, 5.41) is 3.52. The number of rotatable bonds is 2. The summed E-state index contributed by atoms with van der Waals surface area (Å²) in [7, 11) is 0. The van der Waals surface area contributed by atoms with Crippen LogP contribution in [0.3, 0.4) is 0 Å². The molecule has 11 rings (SSSR count). The van der Waals surface area contributed by atoms with Crippen molar-refractivity contribution < 1.29 is 4.42 Å². The lowest BCUT2D eigenvalue weighted by Crippen LogP contribution is -2.14. The van der Waals surface area contributed by atoms with Crippen molar-refractivity contribution in [2.24, 2.45) is 0 Å². The van der Waals surface area contributed by atoms with Gasteiger partial charge < -0.3 is 8.98 Å². The van der Waals surface area contributed by atoms with Gasteiger partial charge in [0.1, 0.15) is 11.1 Å². The predicted molar refractivity (Wildman–Crippen MR) is 191 cm³/mol. The molecule has 0 saturated carbocycles. The van der Waals surface area contributed by atoms with Crippen molar-refractivity contribution in [3.8, 4) is 22.5 Å². The summed E-state index contributed by atoms with van der Waals surface area (Å²) in [6.45, 7) is 4.70. The average molecular weight is 605 g/mol. The molecule has 47 heavy (non-hydrogen) atoms. The van der Waals surface area contributed by atoms with Crippen molar-refractivity contribution in [3.63, 3.8) is 0 Å². The zero-order valence-electron chi connectivity index (χ0n) is 25.9. The monoisotopic (exact) mass is 604 g/mol. The Morgan fingerprint density at radius 3 is 2.17 bits per heavy atom. The molecule has 0 fully saturated rings. The first kappa shape index (κ1) is 25.2. The van der Waals surface area contributed by atoms with Gasteiger partial charge >= 0.3 is 0 Å². The lowest BCUT2D eigenvalue weighted by Gasteiger charge is -2.21. The summed E-state index contributed by atoms with van der Waals surface area (Å²) in [5.74, 6) is 0.841. The highest BCUT2D eigenvalue weighted by molar-refractivity contribution is 6.12. The summed E-state index contributed by atoms with van der Waals surface area (Å²) < 4.78 is 13.2. The minimum atomic E-state index is -0.0827. The second-order valence-electron chi connectivity index (χ2n) is 13.3. The molecule has 5 heteroatoms. The highest BCUT2D eigenvalue weighted by atomic mass is 16.3. The third-order valence-electron chi connectivity index (χ3n) is 10.5. The molecule has 5 nitrogen and oxygen atoms in total. The number of hydrogen-bond acceptors (Lipinski definition) is 2. The van der Waals surface area contributed by atoms with Gasteiger partial charge in [-0.2, -0.15) is 4.98 Å². The first-order valence-electron chi connectivity index (χ1n) is 16.2. The van der Waals surface area contributed by atoms with E-state index < -0.39 is 0 Å². The van der Waals surface area contributed by atoms with Gasteiger partial charge in [-0.1, -0.05) is 80.6 Å². The van der Waals surface area contributed by atoms with Crippen LogP contribution < -0.4 is 0 Å². The van der Waals surface area contributed by atoms with Gasteiger partial charge in [-0.15, -0.1) is 0 Å². The fourth-order valence-corrected chi connectivity index (χ4v) is 8.33. The topological polar surface area (TPSA) is 40.3 Å². The highest BCUT2D eigenvalue weighted by Crippen LogP contribution is 2.51. The van der Waals surface area contributed by atoms with Gasteiger partial charge in [0, 0.05) is 32.9 Å². The van der Waals surface area contributed by atoms with E-state index >= 15 is 0 Å². The molecule has 0 saturated heterocycles. The summed E-state index contributed by atoms with van der Waals surface area (Å²) in [5.41, 5.74) is 14.7. The van der Waals surface area contributed by atoms with Crippen LogP contribution in [0.25, 0.3) is 83.3 Å². The zero-order valence-corrected chi connectivity index (χ0v) is 25.9. The largest absolute Gasteiger partial charge is 0.436 e. The molecule has 0 amide bonds. The average Bonchev–Trinajstić information content (AvgIpc) is 3.86. The van der Waals surface area contributed by atoms with E-state index in [1.165, 1.54) is 44.1 Å². The van der Waals surface area contributed by atoms with Crippen molar-refractivity contribution in [3.05, 3.63) is 145 Å². The maximum absolute atomic E-state index is 6.26. The highest BCUT2D eigenvalue weighted by Gasteiger charge is 2.36. The summed E-state index contributed by atoms with van der Waals surface area (Å²) in [6.07, 6.45) is 0. The molecule has 0 unspecified atom stereocenters.